The third kappa shape index (κ3) is 6.79. The monoisotopic (exact) mass is 412 g/mol. The molecular formula is C24H32N2O4. The first kappa shape index (κ1) is 23.3. The van der Waals surface area contributed by atoms with Gasteiger partial charge in [-0.15, -0.1) is 0 Å². The van der Waals surface area contributed by atoms with Crippen molar-refractivity contribution in [1.82, 2.24) is 10.2 Å². The Morgan fingerprint density at radius 1 is 0.967 bits per heavy atom. The number of carbonyl (C=O) groups is 2. The molecule has 0 aliphatic heterocycles. The summed E-state index contributed by atoms with van der Waals surface area (Å²) in [6.07, 6.45) is 1.78. The number of methoxy groups -OCH3 is 1. The molecule has 0 saturated carbocycles. The van der Waals surface area contributed by atoms with Crippen molar-refractivity contribution in [2.24, 2.45) is 0 Å². The van der Waals surface area contributed by atoms with Gasteiger partial charge in [-0.25, -0.2) is 0 Å². The molecule has 162 valence electrons. The maximum atomic E-state index is 13.0. The summed E-state index contributed by atoms with van der Waals surface area (Å²) in [7, 11) is 1.61. The summed E-state index contributed by atoms with van der Waals surface area (Å²) in [5, 5.41) is 2.86. The van der Waals surface area contributed by atoms with Gasteiger partial charge in [-0.1, -0.05) is 38.1 Å². The maximum Gasteiger partial charge on any atom is 0.261 e. The number of amides is 2. The van der Waals surface area contributed by atoms with Crippen LogP contribution in [-0.2, 0) is 22.6 Å². The Labute approximate surface area is 179 Å². The highest BCUT2D eigenvalue weighted by Gasteiger charge is 2.26. The molecule has 0 radical (unpaired) electrons. The molecule has 0 aliphatic carbocycles. The Kier molecular flexibility index (Phi) is 9.19. The van der Waals surface area contributed by atoms with Crippen LogP contribution in [0.25, 0.3) is 0 Å². The summed E-state index contributed by atoms with van der Waals surface area (Å²) in [6.45, 7) is 6.56. The highest BCUT2D eigenvalue weighted by Crippen LogP contribution is 2.16. The predicted octanol–water partition coefficient (Wildman–Crippen LogP) is 3.58. The zero-order chi connectivity index (χ0) is 21.9. The Morgan fingerprint density at radius 3 is 2.13 bits per heavy atom. The van der Waals surface area contributed by atoms with E-state index in [0.29, 0.717) is 18.8 Å². The first-order valence-electron chi connectivity index (χ1n) is 10.4. The molecule has 30 heavy (non-hydrogen) atoms. The molecule has 0 spiro atoms. The number of ether oxygens (including phenoxy) is 2. The van der Waals surface area contributed by atoms with E-state index in [2.05, 4.69) is 12.2 Å². The zero-order valence-electron chi connectivity index (χ0n) is 18.3. The van der Waals surface area contributed by atoms with Gasteiger partial charge in [0, 0.05) is 13.1 Å². The first-order valence-corrected chi connectivity index (χ1v) is 10.4. The average molecular weight is 413 g/mol. The standard InChI is InChI=1S/C24H32N2O4/c1-5-15-25-24(28)18(3)26(16-20-9-11-21(29-4)12-10-20)23(27)17-30-22-13-7-19(6-2)8-14-22/h7-14,18H,5-6,15-17H2,1-4H3,(H,25,28). The van der Waals surface area contributed by atoms with Crippen LogP contribution in [0.15, 0.2) is 48.5 Å². The summed E-state index contributed by atoms with van der Waals surface area (Å²) in [4.78, 5) is 27.0. The van der Waals surface area contributed by atoms with Gasteiger partial charge in [0.05, 0.1) is 7.11 Å². The van der Waals surface area contributed by atoms with Gasteiger partial charge in [-0.3, -0.25) is 9.59 Å². The second-order valence-corrected chi connectivity index (χ2v) is 7.12. The van der Waals surface area contributed by atoms with Crippen molar-refractivity contribution >= 4 is 11.8 Å². The smallest absolute Gasteiger partial charge is 0.261 e. The van der Waals surface area contributed by atoms with Gasteiger partial charge in [-0.2, -0.15) is 0 Å². The van der Waals surface area contributed by atoms with E-state index in [1.165, 1.54) is 5.56 Å². The summed E-state index contributed by atoms with van der Waals surface area (Å²) in [5.41, 5.74) is 2.11. The number of rotatable bonds is 11. The third-order valence-corrected chi connectivity index (χ3v) is 4.92. The summed E-state index contributed by atoms with van der Waals surface area (Å²) in [6, 6.07) is 14.5. The molecule has 2 aromatic carbocycles. The number of benzene rings is 2. The van der Waals surface area contributed by atoms with E-state index in [9.17, 15) is 9.59 Å². The topological polar surface area (TPSA) is 67.9 Å². The summed E-state index contributed by atoms with van der Waals surface area (Å²) < 4.78 is 10.9. The normalized spacial score (nSPS) is 11.5. The SMILES string of the molecule is CCCNC(=O)C(C)N(Cc1ccc(OC)cc1)C(=O)COc1ccc(CC)cc1. The van der Waals surface area contributed by atoms with Gasteiger partial charge >= 0.3 is 0 Å². The van der Waals surface area contributed by atoms with Crippen molar-refractivity contribution in [3.8, 4) is 11.5 Å². The summed E-state index contributed by atoms with van der Waals surface area (Å²) >= 11 is 0. The molecule has 0 aromatic heterocycles. The van der Waals surface area contributed by atoms with E-state index in [-0.39, 0.29) is 18.4 Å². The van der Waals surface area contributed by atoms with E-state index in [1.54, 1.807) is 18.9 Å². The van der Waals surface area contributed by atoms with Crippen molar-refractivity contribution in [2.45, 2.75) is 46.2 Å². The van der Waals surface area contributed by atoms with Crippen LogP contribution < -0.4 is 14.8 Å². The van der Waals surface area contributed by atoms with E-state index < -0.39 is 6.04 Å². The van der Waals surface area contributed by atoms with Gasteiger partial charge in [0.1, 0.15) is 17.5 Å². The van der Waals surface area contributed by atoms with Crippen LogP contribution in [0.2, 0.25) is 0 Å². The second kappa shape index (κ2) is 11.9. The predicted molar refractivity (Wildman–Crippen MR) is 118 cm³/mol. The fraction of sp³-hybridized carbons (Fsp3) is 0.417. The Balaban J connectivity index is 2.10. The molecule has 2 rings (SSSR count). The van der Waals surface area contributed by atoms with Gasteiger partial charge in [-0.05, 0) is 55.2 Å². The quantitative estimate of drug-likeness (QED) is 0.613. The average Bonchev–Trinajstić information content (AvgIpc) is 2.79. The lowest BCUT2D eigenvalue weighted by atomic mass is 10.1. The number of hydrogen-bond acceptors (Lipinski definition) is 4. The van der Waals surface area contributed by atoms with Crippen LogP contribution in [0, 0.1) is 0 Å². The molecule has 1 N–H and O–H groups in total. The minimum atomic E-state index is -0.614. The Morgan fingerprint density at radius 2 is 1.57 bits per heavy atom. The molecule has 6 nitrogen and oxygen atoms in total. The molecule has 0 saturated heterocycles. The van der Waals surface area contributed by atoms with Crippen molar-refractivity contribution in [2.75, 3.05) is 20.3 Å². The van der Waals surface area contributed by atoms with Crippen LogP contribution in [0.4, 0.5) is 0 Å². The molecule has 2 aromatic rings. The highest BCUT2D eigenvalue weighted by atomic mass is 16.5. The molecule has 0 heterocycles. The van der Waals surface area contributed by atoms with Crippen molar-refractivity contribution in [3.05, 3.63) is 59.7 Å². The van der Waals surface area contributed by atoms with Crippen LogP contribution in [0.3, 0.4) is 0 Å². The fourth-order valence-electron chi connectivity index (χ4n) is 2.96. The van der Waals surface area contributed by atoms with Gasteiger partial charge in [0.25, 0.3) is 5.91 Å². The molecule has 2 amide bonds. The van der Waals surface area contributed by atoms with Crippen LogP contribution in [0.1, 0.15) is 38.3 Å². The number of aryl methyl sites for hydroxylation is 1. The Hall–Kier alpha value is -3.02. The second-order valence-electron chi connectivity index (χ2n) is 7.12. The minimum Gasteiger partial charge on any atom is -0.497 e. The fourth-order valence-corrected chi connectivity index (χ4v) is 2.96. The zero-order valence-corrected chi connectivity index (χ0v) is 18.3. The largest absolute Gasteiger partial charge is 0.497 e. The van der Waals surface area contributed by atoms with Gasteiger partial charge < -0.3 is 19.7 Å². The number of nitrogens with one attached hydrogen (secondary N) is 1. The molecule has 1 atom stereocenters. The molecule has 1 unspecified atom stereocenters. The lowest BCUT2D eigenvalue weighted by Gasteiger charge is -2.28. The minimum absolute atomic E-state index is 0.132. The summed E-state index contributed by atoms with van der Waals surface area (Å²) in [5.74, 6) is 0.952. The number of carbonyl (C=O) groups excluding carboxylic acids is 2. The van der Waals surface area contributed by atoms with Crippen LogP contribution in [-0.4, -0.2) is 43.0 Å². The van der Waals surface area contributed by atoms with Gasteiger partial charge in [0.15, 0.2) is 6.61 Å². The van der Waals surface area contributed by atoms with Crippen LogP contribution >= 0.6 is 0 Å². The Bertz CT molecular complexity index is 803. The van der Waals surface area contributed by atoms with Crippen molar-refractivity contribution < 1.29 is 19.1 Å². The van der Waals surface area contributed by atoms with Gasteiger partial charge in [0.2, 0.25) is 5.91 Å². The number of nitrogens with zero attached hydrogens (tertiary/aromatic N) is 1. The van der Waals surface area contributed by atoms with E-state index >= 15 is 0 Å². The van der Waals surface area contributed by atoms with Crippen LogP contribution in [0.5, 0.6) is 11.5 Å². The molecular weight excluding hydrogens is 380 g/mol. The third-order valence-electron chi connectivity index (χ3n) is 4.92. The van der Waals surface area contributed by atoms with Crippen molar-refractivity contribution in [1.29, 1.82) is 0 Å². The first-order chi connectivity index (χ1) is 14.5. The molecule has 0 fully saturated rings. The highest BCUT2D eigenvalue weighted by molar-refractivity contribution is 5.87. The lowest BCUT2D eigenvalue weighted by Crippen LogP contribution is -2.49. The molecule has 6 heteroatoms. The number of hydrogen-bond donors (Lipinski definition) is 1. The lowest BCUT2D eigenvalue weighted by molar-refractivity contribution is -0.142. The maximum absolute atomic E-state index is 13.0. The molecule has 0 aliphatic rings. The van der Waals surface area contributed by atoms with Crippen molar-refractivity contribution in [3.63, 3.8) is 0 Å². The van der Waals surface area contributed by atoms with E-state index in [0.717, 1.165) is 24.2 Å². The molecule has 0 bridgehead atoms. The van der Waals surface area contributed by atoms with E-state index in [1.807, 2.05) is 55.5 Å². The van der Waals surface area contributed by atoms with E-state index in [4.69, 9.17) is 9.47 Å².